The van der Waals surface area contributed by atoms with Crippen LogP contribution in [0.3, 0.4) is 0 Å². The third-order valence-corrected chi connectivity index (χ3v) is 5.77. The first-order chi connectivity index (χ1) is 14.9. The SMILES string of the molecule is CCCCNc1cc(CNc2ccccc2C)cc(S(N)(=O)=O)c1Oc1ccccc1. The standard InChI is InChI=1S/C24H29N3O3S/c1-3-4-14-26-22-15-19(17-27-21-13-9-8-10-18(21)2)16-23(31(25,28)29)24(22)30-20-11-6-5-7-12-20/h5-13,15-16,26-27H,3-4,14,17H2,1-2H3,(H2,25,28,29). The highest BCUT2D eigenvalue weighted by Crippen LogP contribution is 2.37. The Bertz CT molecular complexity index is 1120. The lowest BCUT2D eigenvalue weighted by Gasteiger charge is -2.18. The molecule has 0 aliphatic rings. The molecule has 0 aromatic heterocycles. The van der Waals surface area contributed by atoms with E-state index < -0.39 is 10.0 Å². The van der Waals surface area contributed by atoms with Crippen LogP contribution < -0.4 is 20.5 Å². The van der Waals surface area contributed by atoms with Crippen molar-refractivity contribution >= 4 is 21.4 Å². The van der Waals surface area contributed by atoms with Gasteiger partial charge in [-0.25, -0.2) is 13.6 Å². The number of rotatable bonds is 10. The van der Waals surface area contributed by atoms with E-state index in [2.05, 4.69) is 17.6 Å². The zero-order valence-electron chi connectivity index (χ0n) is 17.9. The molecule has 0 heterocycles. The summed E-state index contributed by atoms with van der Waals surface area (Å²) in [6.07, 6.45) is 1.96. The molecule has 7 heteroatoms. The number of ether oxygens (including phenoxy) is 1. The molecule has 0 radical (unpaired) electrons. The largest absolute Gasteiger partial charge is 0.454 e. The highest BCUT2D eigenvalue weighted by Gasteiger charge is 2.21. The molecular weight excluding hydrogens is 410 g/mol. The van der Waals surface area contributed by atoms with Crippen LogP contribution in [0.1, 0.15) is 30.9 Å². The molecule has 0 aliphatic heterocycles. The number of aryl methyl sites for hydroxylation is 1. The third-order valence-electron chi connectivity index (χ3n) is 4.86. The third kappa shape index (κ3) is 6.23. The van der Waals surface area contributed by atoms with Gasteiger partial charge in [0.25, 0.3) is 0 Å². The lowest BCUT2D eigenvalue weighted by Crippen LogP contribution is -2.16. The molecule has 0 saturated heterocycles. The molecule has 0 bridgehead atoms. The van der Waals surface area contributed by atoms with E-state index in [9.17, 15) is 8.42 Å². The zero-order chi connectivity index (χ0) is 22.3. The Balaban J connectivity index is 2.00. The van der Waals surface area contributed by atoms with Crippen molar-refractivity contribution in [3.8, 4) is 11.5 Å². The number of para-hydroxylation sites is 2. The maximum Gasteiger partial charge on any atom is 0.241 e. The number of nitrogens with two attached hydrogens (primary N) is 1. The molecular formula is C24H29N3O3S. The monoisotopic (exact) mass is 439 g/mol. The minimum Gasteiger partial charge on any atom is -0.454 e. The zero-order valence-corrected chi connectivity index (χ0v) is 18.7. The van der Waals surface area contributed by atoms with Gasteiger partial charge < -0.3 is 15.4 Å². The second-order valence-corrected chi connectivity index (χ2v) is 8.91. The van der Waals surface area contributed by atoms with Gasteiger partial charge in [0.2, 0.25) is 10.0 Å². The molecule has 31 heavy (non-hydrogen) atoms. The number of primary sulfonamides is 1. The fourth-order valence-electron chi connectivity index (χ4n) is 3.18. The number of unbranched alkanes of at least 4 members (excludes halogenated alkanes) is 1. The number of anilines is 2. The van der Waals surface area contributed by atoms with Crippen LogP contribution in [0.25, 0.3) is 0 Å². The molecule has 0 amide bonds. The summed E-state index contributed by atoms with van der Waals surface area (Å²) in [7, 11) is -4.01. The molecule has 0 unspecified atom stereocenters. The molecule has 0 atom stereocenters. The van der Waals surface area contributed by atoms with Crippen LogP contribution in [-0.4, -0.2) is 15.0 Å². The van der Waals surface area contributed by atoms with Crippen LogP contribution in [0.5, 0.6) is 11.5 Å². The van der Waals surface area contributed by atoms with Crippen molar-refractivity contribution in [3.63, 3.8) is 0 Å². The van der Waals surface area contributed by atoms with Gasteiger partial charge in [-0.05, 0) is 54.8 Å². The topological polar surface area (TPSA) is 93.5 Å². The van der Waals surface area contributed by atoms with Crippen molar-refractivity contribution in [3.05, 3.63) is 77.9 Å². The second-order valence-electron chi connectivity index (χ2n) is 7.38. The Kier molecular flexibility index (Phi) is 7.55. The van der Waals surface area contributed by atoms with Crippen LogP contribution in [-0.2, 0) is 16.6 Å². The van der Waals surface area contributed by atoms with Crippen LogP contribution in [0.4, 0.5) is 11.4 Å². The smallest absolute Gasteiger partial charge is 0.241 e. The number of nitrogens with one attached hydrogen (secondary N) is 2. The molecule has 6 nitrogen and oxygen atoms in total. The summed E-state index contributed by atoms with van der Waals surface area (Å²) in [6.45, 7) is 5.26. The molecule has 0 fully saturated rings. The second kappa shape index (κ2) is 10.3. The molecule has 0 spiro atoms. The maximum atomic E-state index is 12.5. The van der Waals surface area contributed by atoms with Crippen LogP contribution >= 0.6 is 0 Å². The van der Waals surface area contributed by atoms with E-state index in [0.29, 0.717) is 24.5 Å². The quantitative estimate of drug-likeness (QED) is 0.375. The first kappa shape index (κ1) is 22.7. The van der Waals surface area contributed by atoms with Gasteiger partial charge in [-0.3, -0.25) is 0 Å². The molecule has 0 aliphatic carbocycles. The number of benzene rings is 3. The molecule has 3 rings (SSSR count). The van der Waals surface area contributed by atoms with Crippen LogP contribution in [0.15, 0.2) is 71.6 Å². The van der Waals surface area contributed by atoms with Gasteiger partial charge in [0, 0.05) is 18.8 Å². The molecule has 4 N–H and O–H groups in total. The summed E-state index contributed by atoms with van der Waals surface area (Å²) in [5.41, 5.74) is 3.49. The summed E-state index contributed by atoms with van der Waals surface area (Å²) < 4.78 is 30.9. The van der Waals surface area contributed by atoms with Gasteiger partial charge in [-0.1, -0.05) is 49.7 Å². The fraction of sp³-hybridized carbons (Fsp3) is 0.250. The summed E-state index contributed by atoms with van der Waals surface area (Å²) >= 11 is 0. The summed E-state index contributed by atoms with van der Waals surface area (Å²) in [5, 5.41) is 12.3. The lowest BCUT2D eigenvalue weighted by atomic mass is 10.1. The maximum absolute atomic E-state index is 12.5. The molecule has 3 aromatic carbocycles. The van der Waals surface area contributed by atoms with Gasteiger partial charge >= 0.3 is 0 Å². The van der Waals surface area contributed by atoms with Gasteiger partial charge in [-0.2, -0.15) is 0 Å². The predicted molar refractivity (Wildman–Crippen MR) is 126 cm³/mol. The van der Waals surface area contributed by atoms with Crippen molar-refractivity contribution in [1.82, 2.24) is 0 Å². The van der Waals surface area contributed by atoms with Crippen molar-refractivity contribution in [2.75, 3.05) is 17.2 Å². The Morgan fingerprint density at radius 1 is 0.935 bits per heavy atom. The van der Waals surface area contributed by atoms with Gasteiger partial charge in [0.1, 0.15) is 10.6 Å². The summed E-state index contributed by atoms with van der Waals surface area (Å²) in [4.78, 5) is -0.0422. The van der Waals surface area contributed by atoms with E-state index in [0.717, 1.165) is 29.7 Å². The van der Waals surface area contributed by atoms with E-state index in [1.165, 1.54) is 0 Å². The summed E-state index contributed by atoms with van der Waals surface area (Å²) in [6, 6.07) is 20.5. The Labute approximate surface area is 184 Å². The predicted octanol–water partition coefficient (Wildman–Crippen LogP) is 5.26. The first-order valence-corrected chi connectivity index (χ1v) is 11.9. The van der Waals surface area contributed by atoms with Crippen molar-refractivity contribution in [2.45, 2.75) is 38.1 Å². The van der Waals surface area contributed by atoms with Crippen molar-refractivity contribution < 1.29 is 13.2 Å². The number of hydrogen-bond acceptors (Lipinski definition) is 5. The Morgan fingerprint density at radius 3 is 2.32 bits per heavy atom. The summed E-state index contributed by atoms with van der Waals surface area (Å²) in [5.74, 6) is 0.751. The van der Waals surface area contributed by atoms with E-state index in [-0.39, 0.29) is 10.6 Å². The fourth-order valence-corrected chi connectivity index (χ4v) is 3.91. The number of hydrogen-bond donors (Lipinski definition) is 3. The first-order valence-electron chi connectivity index (χ1n) is 10.3. The van der Waals surface area contributed by atoms with Gasteiger partial charge in [-0.15, -0.1) is 0 Å². The Hall–Kier alpha value is -3.03. The minimum absolute atomic E-state index is 0.0422. The average molecular weight is 440 g/mol. The normalized spacial score (nSPS) is 11.2. The highest BCUT2D eigenvalue weighted by molar-refractivity contribution is 7.89. The molecule has 0 saturated carbocycles. The van der Waals surface area contributed by atoms with Crippen molar-refractivity contribution in [2.24, 2.45) is 5.14 Å². The van der Waals surface area contributed by atoms with E-state index in [1.807, 2.05) is 55.5 Å². The minimum atomic E-state index is -4.01. The van der Waals surface area contributed by atoms with Gasteiger partial charge in [0.15, 0.2) is 5.75 Å². The van der Waals surface area contributed by atoms with Gasteiger partial charge in [0.05, 0.1) is 5.69 Å². The Morgan fingerprint density at radius 2 is 1.65 bits per heavy atom. The van der Waals surface area contributed by atoms with E-state index >= 15 is 0 Å². The highest BCUT2D eigenvalue weighted by atomic mass is 32.2. The molecule has 3 aromatic rings. The van der Waals surface area contributed by atoms with E-state index in [4.69, 9.17) is 9.88 Å². The average Bonchev–Trinajstić information content (AvgIpc) is 2.74. The van der Waals surface area contributed by atoms with Crippen LogP contribution in [0, 0.1) is 6.92 Å². The van der Waals surface area contributed by atoms with E-state index in [1.54, 1.807) is 18.2 Å². The van der Waals surface area contributed by atoms with Crippen molar-refractivity contribution in [1.29, 1.82) is 0 Å². The molecule has 164 valence electrons. The van der Waals surface area contributed by atoms with Crippen LogP contribution in [0.2, 0.25) is 0 Å². The number of sulfonamides is 1. The lowest BCUT2D eigenvalue weighted by molar-refractivity contribution is 0.469.